The van der Waals surface area contributed by atoms with E-state index in [4.69, 9.17) is 0 Å². The number of rotatable bonds is 0. The number of halogens is 2. The van der Waals surface area contributed by atoms with E-state index >= 15 is 0 Å². The van der Waals surface area contributed by atoms with Crippen LogP contribution in [0.4, 0.5) is 0 Å². The maximum atomic E-state index is 2.41. The summed E-state index contributed by atoms with van der Waals surface area (Å²) in [6, 6.07) is 10.8. The van der Waals surface area contributed by atoms with Crippen molar-refractivity contribution in [3.8, 4) is 0 Å². The molecule has 2 rings (SSSR count). The van der Waals surface area contributed by atoms with Crippen molar-refractivity contribution < 1.29 is 0 Å². The van der Waals surface area contributed by atoms with Crippen LogP contribution in [-0.2, 0) is 0 Å². The Hall–Kier alpha value is 0.160. The van der Waals surface area contributed by atoms with Crippen molar-refractivity contribution in [1.82, 2.24) is 0 Å². The van der Waals surface area contributed by atoms with Gasteiger partial charge < -0.3 is 0 Å². The van der Waals surface area contributed by atoms with Crippen LogP contribution in [0.1, 0.15) is 5.56 Å². The maximum Gasteiger partial charge on any atom is 0.0299 e. The Labute approximate surface area is 105 Å². The lowest BCUT2D eigenvalue weighted by atomic mass is 10.1. The van der Waals surface area contributed by atoms with Crippen molar-refractivity contribution in [2.24, 2.45) is 0 Å². The molecule has 0 aliphatic rings. The van der Waals surface area contributed by atoms with Gasteiger partial charge in [0.2, 0.25) is 0 Å². The first-order valence-corrected chi connectivity index (χ1v) is 6.19. The fraction of sp³-hybridized carbons (Fsp3) is 0.0909. The van der Waals surface area contributed by atoms with E-state index in [1.165, 1.54) is 23.5 Å². The average molecular weight is 394 g/mol. The molecule has 0 fully saturated rings. The van der Waals surface area contributed by atoms with Crippen LogP contribution in [0.3, 0.4) is 0 Å². The number of benzene rings is 2. The van der Waals surface area contributed by atoms with Gasteiger partial charge >= 0.3 is 0 Å². The first kappa shape index (κ1) is 9.71. The van der Waals surface area contributed by atoms with Gasteiger partial charge in [0.1, 0.15) is 0 Å². The van der Waals surface area contributed by atoms with E-state index in [2.05, 4.69) is 82.4 Å². The smallest absolute Gasteiger partial charge is 0.0299 e. The molecule has 0 saturated heterocycles. The maximum absolute atomic E-state index is 2.41. The van der Waals surface area contributed by atoms with Crippen LogP contribution in [0.15, 0.2) is 30.3 Å². The van der Waals surface area contributed by atoms with E-state index in [1.54, 1.807) is 0 Å². The zero-order valence-corrected chi connectivity index (χ0v) is 11.5. The van der Waals surface area contributed by atoms with Gasteiger partial charge in [-0.15, -0.1) is 0 Å². The molecule has 2 heteroatoms. The zero-order chi connectivity index (χ0) is 9.42. The number of hydrogen-bond donors (Lipinski definition) is 0. The van der Waals surface area contributed by atoms with E-state index in [0.29, 0.717) is 0 Å². The lowest BCUT2D eigenvalue weighted by Gasteiger charge is -2.06. The molecule has 0 bridgehead atoms. The molecule has 0 spiro atoms. The third kappa shape index (κ3) is 1.70. The zero-order valence-electron chi connectivity index (χ0n) is 7.14. The molecular formula is C11H8I2. The van der Waals surface area contributed by atoms with Crippen molar-refractivity contribution in [3.63, 3.8) is 0 Å². The summed E-state index contributed by atoms with van der Waals surface area (Å²) >= 11 is 4.80. The van der Waals surface area contributed by atoms with Gasteiger partial charge in [-0.25, -0.2) is 0 Å². The van der Waals surface area contributed by atoms with Crippen LogP contribution < -0.4 is 0 Å². The Morgan fingerprint density at radius 2 is 1.77 bits per heavy atom. The summed E-state index contributed by atoms with van der Waals surface area (Å²) in [5.74, 6) is 0. The normalized spacial score (nSPS) is 10.7. The summed E-state index contributed by atoms with van der Waals surface area (Å²) in [5, 5.41) is 2.71. The fourth-order valence-electron chi connectivity index (χ4n) is 1.46. The van der Waals surface area contributed by atoms with Crippen molar-refractivity contribution in [2.75, 3.05) is 0 Å². The first-order valence-electron chi connectivity index (χ1n) is 4.03. The third-order valence-electron chi connectivity index (χ3n) is 2.19. The molecule has 0 aliphatic heterocycles. The second-order valence-electron chi connectivity index (χ2n) is 3.02. The molecule has 0 aliphatic carbocycles. The van der Waals surface area contributed by atoms with Crippen molar-refractivity contribution in [2.45, 2.75) is 6.92 Å². The van der Waals surface area contributed by atoms with Crippen LogP contribution in [0.5, 0.6) is 0 Å². The summed E-state index contributed by atoms with van der Waals surface area (Å²) in [6.45, 7) is 2.19. The lowest BCUT2D eigenvalue weighted by molar-refractivity contribution is 1.45. The molecule has 0 saturated carbocycles. The average Bonchev–Trinajstić information content (AvgIpc) is 2.15. The number of fused-ring (bicyclic) bond motifs is 1. The number of hydrogen-bond acceptors (Lipinski definition) is 0. The molecule has 66 valence electrons. The quantitative estimate of drug-likeness (QED) is 0.583. The predicted molar refractivity (Wildman–Crippen MR) is 74.1 cm³/mol. The Kier molecular flexibility index (Phi) is 2.78. The van der Waals surface area contributed by atoms with Crippen molar-refractivity contribution in [1.29, 1.82) is 0 Å². The standard InChI is InChI=1S/C11H8I2/c1-7-9-5-3-2-4-8(9)6-10(12)11(7)13/h2-6H,1H3. The van der Waals surface area contributed by atoms with Gasteiger partial charge in [-0.3, -0.25) is 0 Å². The van der Waals surface area contributed by atoms with Crippen LogP contribution >= 0.6 is 45.2 Å². The van der Waals surface area contributed by atoms with Crippen LogP contribution in [0.25, 0.3) is 10.8 Å². The minimum atomic E-state index is 1.34. The first-order chi connectivity index (χ1) is 6.20. The fourth-order valence-corrected chi connectivity index (χ4v) is 2.65. The second-order valence-corrected chi connectivity index (χ2v) is 5.26. The summed E-state index contributed by atoms with van der Waals surface area (Å²) in [5.41, 5.74) is 1.39. The molecular weight excluding hydrogens is 386 g/mol. The highest BCUT2D eigenvalue weighted by molar-refractivity contribution is 14.1. The van der Waals surface area contributed by atoms with E-state index < -0.39 is 0 Å². The molecule has 2 aromatic rings. The molecule has 13 heavy (non-hydrogen) atoms. The van der Waals surface area contributed by atoms with Crippen LogP contribution in [0.2, 0.25) is 0 Å². The van der Waals surface area contributed by atoms with Gasteiger partial charge in [0.15, 0.2) is 0 Å². The van der Waals surface area contributed by atoms with E-state index in [-0.39, 0.29) is 0 Å². The van der Waals surface area contributed by atoms with Gasteiger partial charge in [0, 0.05) is 7.14 Å². The molecule has 2 aromatic carbocycles. The van der Waals surface area contributed by atoms with Crippen LogP contribution in [0, 0.1) is 14.1 Å². The lowest BCUT2D eigenvalue weighted by Crippen LogP contribution is -1.87. The van der Waals surface area contributed by atoms with E-state index in [0.717, 1.165) is 0 Å². The Morgan fingerprint density at radius 1 is 1.08 bits per heavy atom. The monoisotopic (exact) mass is 394 g/mol. The minimum Gasteiger partial charge on any atom is -0.0616 e. The summed E-state index contributed by atoms with van der Waals surface area (Å²) < 4.78 is 2.71. The molecule has 0 aromatic heterocycles. The molecule has 0 heterocycles. The SMILES string of the molecule is Cc1c(I)c(I)cc2ccccc12. The highest BCUT2D eigenvalue weighted by atomic mass is 127. The van der Waals surface area contributed by atoms with Crippen molar-refractivity contribution in [3.05, 3.63) is 43.0 Å². The molecule has 0 nitrogen and oxygen atoms in total. The minimum absolute atomic E-state index is 1.34. The molecule has 0 amide bonds. The topological polar surface area (TPSA) is 0 Å². The Balaban J connectivity index is 2.94. The molecule has 0 radical (unpaired) electrons. The summed E-state index contributed by atoms with van der Waals surface area (Å²) in [6.07, 6.45) is 0. The summed E-state index contributed by atoms with van der Waals surface area (Å²) in [7, 11) is 0. The Bertz CT molecular complexity index is 461. The van der Waals surface area contributed by atoms with Gasteiger partial charge in [-0.05, 0) is 74.5 Å². The molecule has 0 atom stereocenters. The van der Waals surface area contributed by atoms with Gasteiger partial charge in [0.25, 0.3) is 0 Å². The van der Waals surface area contributed by atoms with Crippen LogP contribution in [-0.4, -0.2) is 0 Å². The summed E-state index contributed by atoms with van der Waals surface area (Å²) in [4.78, 5) is 0. The highest BCUT2D eigenvalue weighted by Crippen LogP contribution is 2.27. The highest BCUT2D eigenvalue weighted by Gasteiger charge is 2.04. The molecule has 0 N–H and O–H groups in total. The second kappa shape index (κ2) is 3.73. The van der Waals surface area contributed by atoms with Gasteiger partial charge in [-0.2, -0.15) is 0 Å². The number of aryl methyl sites for hydroxylation is 1. The van der Waals surface area contributed by atoms with Gasteiger partial charge in [-0.1, -0.05) is 24.3 Å². The largest absolute Gasteiger partial charge is 0.0616 e. The van der Waals surface area contributed by atoms with E-state index in [1.807, 2.05) is 0 Å². The predicted octanol–water partition coefficient (Wildman–Crippen LogP) is 4.36. The van der Waals surface area contributed by atoms with E-state index in [9.17, 15) is 0 Å². The third-order valence-corrected chi connectivity index (χ3v) is 5.46. The van der Waals surface area contributed by atoms with Gasteiger partial charge in [0.05, 0.1) is 0 Å². The Morgan fingerprint density at radius 3 is 2.54 bits per heavy atom. The van der Waals surface area contributed by atoms with Crippen molar-refractivity contribution >= 4 is 56.0 Å². The molecule has 0 unspecified atom stereocenters.